The van der Waals surface area contributed by atoms with E-state index < -0.39 is 0 Å². The van der Waals surface area contributed by atoms with E-state index in [2.05, 4.69) is 18.7 Å². The molecular formula is C18H23N3O3. The Morgan fingerprint density at radius 2 is 2.00 bits per heavy atom. The molecule has 128 valence electrons. The van der Waals surface area contributed by atoms with E-state index in [1.807, 2.05) is 6.07 Å². The van der Waals surface area contributed by atoms with Crippen molar-refractivity contribution < 1.29 is 14.6 Å². The highest BCUT2D eigenvalue weighted by Crippen LogP contribution is 2.32. The fraction of sp³-hybridized carbons (Fsp3) is 0.444. The number of anilines is 1. The van der Waals surface area contributed by atoms with Crippen LogP contribution in [0.1, 0.15) is 18.2 Å². The van der Waals surface area contributed by atoms with E-state index in [1.165, 1.54) is 7.11 Å². The molecule has 1 aliphatic heterocycles. The molecule has 2 heterocycles. The van der Waals surface area contributed by atoms with Crippen molar-refractivity contribution in [1.82, 2.24) is 9.97 Å². The Morgan fingerprint density at radius 3 is 2.67 bits per heavy atom. The van der Waals surface area contributed by atoms with Gasteiger partial charge in [-0.3, -0.25) is 0 Å². The maximum atomic E-state index is 9.80. The lowest BCUT2D eigenvalue weighted by molar-refractivity contribution is 0.122. The molecule has 0 atom stereocenters. The quantitative estimate of drug-likeness (QED) is 0.930. The van der Waals surface area contributed by atoms with Crippen molar-refractivity contribution in [3.8, 4) is 22.9 Å². The summed E-state index contributed by atoms with van der Waals surface area (Å²) in [5.74, 6) is 2.14. The Labute approximate surface area is 142 Å². The van der Waals surface area contributed by atoms with Gasteiger partial charge in [0.15, 0.2) is 17.3 Å². The second-order valence-electron chi connectivity index (χ2n) is 5.78. The number of morpholine rings is 1. The Bertz CT molecular complexity index is 728. The Hall–Kier alpha value is -2.34. The van der Waals surface area contributed by atoms with Crippen LogP contribution >= 0.6 is 0 Å². The van der Waals surface area contributed by atoms with Crippen LogP contribution in [-0.4, -0.2) is 48.5 Å². The second kappa shape index (κ2) is 7.05. The van der Waals surface area contributed by atoms with Crippen molar-refractivity contribution in [2.45, 2.75) is 20.3 Å². The van der Waals surface area contributed by atoms with Gasteiger partial charge in [0.05, 0.1) is 20.3 Å². The van der Waals surface area contributed by atoms with E-state index in [9.17, 15) is 5.11 Å². The SMILES string of the molecule is CCc1nc(-c2ccc(O)c(OC)c2)nc(N2CCOCC2)c1C. The molecule has 0 amide bonds. The molecule has 1 aromatic heterocycles. The third kappa shape index (κ3) is 3.14. The van der Waals surface area contributed by atoms with E-state index in [4.69, 9.17) is 19.4 Å². The van der Waals surface area contributed by atoms with Crippen LogP contribution in [0.25, 0.3) is 11.4 Å². The Balaban J connectivity index is 2.07. The highest BCUT2D eigenvalue weighted by molar-refractivity contribution is 5.64. The van der Waals surface area contributed by atoms with Gasteiger partial charge in [0.25, 0.3) is 0 Å². The first kappa shape index (κ1) is 16.5. The van der Waals surface area contributed by atoms with E-state index in [1.54, 1.807) is 12.1 Å². The summed E-state index contributed by atoms with van der Waals surface area (Å²) in [6.45, 7) is 7.27. The molecule has 0 unspecified atom stereocenters. The number of phenolic OH excluding ortho intramolecular Hbond substituents is 1. The summed E-state index contributed by atoms with van der Waals surface area (Å²) in [5, 5.41) is 9.80. The van der Waals surface area contributed by atoms with E-state index >= 15 is 0 Å². The molecule has 1 saturated heterocycles. The number of aromatic hydroxyl groups is 1. The zero-order valence-corrected chi connectivity index (χ0v) is 14.4. The molecule has 0 radical (unpaired) electrons. The first-order valence-electron chi connectivity index (χ1n) is 8.21. The number of nitrogens with zero attached hydrogens (tertiary/aromatic N) is 3. The fourth-order valence-electron chi connectivity index (χ4n) is 2.92. The maximum absolute atomic E-state index is 9.80. The summed E-state index contributed by atoms with van der Waals surface area (Å²) in [5.41, 5.74) is 2.98. The molecule has 0 saturated carbocycles. The monoisotopic (exact) mass is 329 g/mol. The summed E-state index contributed by atoms with van der Waals surface area (Å²) in [6, 6.07) is 5.19. The van der Waals surface area contributed by atoms with Crippen molar-refractivity contribution in [1.29, 1.82) is 0 Å². The van der Waals surface area contributed by atoms with Gasteiger partial charge in [-0.25, -0.2) is 9.97 Å². The van der Waals surface area contributed by atoms with Crippen molar-refractivity contribution in [2.75, 3.05) is 38.3 Å². The lowest BCUT2D eigenvalue weighted by Crippen LogP contribution is -2.37. The standard InChI is InChI=1S/C18H23N3O3/c1-4-14-12(2)18(21-7-9-24-10-8-21)20-17(19-14)13-5-6-15(22)16(11-13)23-3/h5-6,11,22H,4,7-10H2,1-3H3. The molecule has 3 rings (SSSR count). The second-order valence-corrected chi connectivity index (χ2v) is 5.78. The van der Waals surface area contributed by atoms with E-state index in [0.717, 1.165) is 42.1 Å². The smallest absolute Gasteiger partial charge is 0.161 e. The molecule has 2 aromatic rings. The molecule has 6 heteroatoms. The summed E-state index contributed by atoms with van der Waals surface area (Å²) in [6.07, 6.45) is 0.841. The minimum absolute atomic E-state index is 0.109. The zero-order valence-electron chi connectivity index (χ0n) is 14.4. The van der Waals surface area contributed by atoms with Crippen LogP contribution in [0.4, 0.5) is 5.82 Å². The number of hydrogen-bond acceptors (Lipinski definition) is 6. The van der Waals surface area contributed by atoms with Crippen molar-refractivity contribution in [3.05, 3.63) is 29.5 Å². The molecule has 0 bridgehead atoms. The third-order valence-corrected chi connectivity index (χ3v) is 4.30. The fourth-order valence-corrected chi connectivity index (χ4v) is 2.92. The molecule has 24 heavy (non-hydrogen) atoms. The van der Waals surface area contributed by atoms with Crippen LogP contribution in [0.3, 0.4) is 0 Å². The number of benzene rings is 1. The highest BCUT2D eigenvalue weighted by Gasteiger charge is 2.19. The zero-order chi connectivity index (χ0) is 17.1. The Kier molecular flexibility index (Phi) is 4.85. The number of phenols is 1. The average Bonchev–Trinajstić information content (AvgIpc) is 2.63. The third-order valence-electron chi connectivity index (χ3n) is 4.30. The minimum atomic E-state index is 0.109. The van der Waals surface area contributed by atoms with Gasteiger partial charge in [-0.2, -0.15) is 0 Å². The number of aryl methyl sites for hydroxylation is 1. The van der Waals surface area contributed by atoms with Gasteiger partial charge in [-0.05, 0) is 31.5 Å². The number of aromatic nitrogens is 2. The predicted octanol–water partition coefficient (Wildman–Crippen LogP) is 2.57. The summed E-state index contributed by atoms with van der Waals surface area (Å²) < 4.78 is 10.6. The molecule has 1 aliphatic rings. The highest BCUT2D eigenvalue weighted by atomic mass is 16.5. The Morgan fingerprint density at radius 1 is 1.25 bits per heavy atom. The van der Waals surface area contributed by atoms with E-state index in [-0.39, 0.29) is 5.75 Å². The van der Waals surface area contributed by atoms with Gasteiger partial charge in [-0.15, -0.1) is 0 Å². The predicted molar refractivity (Wildman–Crippen MR) is 92.8 cm³/mol. The molecular weight excluding hydrogens is 306 g/mol. The van der Waals surface area contributed by atoms with Gasteiger partial charge < -0.3 is 19.5 Å². The van der Waals surface area contributed by atoms with Crippen LogP contribution in [0, 0.1) is 6.92 Å². The maximum Gasteiger partial charge on any atom is 0.161 e. The number of hydrogen-bond donors (Lipinski definition) is 1. The van der Waals surface area contributed by atoms with Crippen LogP contribution in [-0.2, 0) is 11.2 Å². The summed E-state index contributed by atoms with van der Waals surface area (Å²) in [4.78, 5) is 11.8. The van der Waals surface area contributed by atoms with Crippen LogP contribution in [0.15, 0.2) is 18.2 Å². The molecule has 0 spiro atoms. The van der Waals surface area contributed by atoms with Gasteiger partial charge >= 0.3 is 0 Å². The van der Waals surface area contributed by atoms with Crippen molar-refractivity contribution in [3.63, 3.8) is 0 Å². The van der Waals surface area contributed by atoms with Gasteiger partial charge in [0.2, 0.25) is 0 Å². The van der Waals surface area contributed by atoms with Crippen molar-refractivity contribution >= 4 is 5.82 Å². The van der Waals surface area contributed by atoms with Crippen LogP contribution < -0.4 is 9.64 Å². The lowest BCUT2D eigenvalue weighted by Gasteiger charge is -2.29. The average molecular weight is 329 g/mol. The first-order chi connectivity index (χ1) is 11.6. The lowest BCUT2D eigenvalue weighted by atomic mass is 10.1. The molecule has 0 aliphatic carbocycles. The normalized spacial score (nSPS) is 14.7. The number of ether oxygens (including phenoxy) is 2. The molecule has 6 nitrogen and oxygen atoms in total. The largest absolute Gasteiger partial charge is 0.504 e. The molecule has 1 aromatic carbocycles. The topological polar surface area (TPSA) is 67.7 Å². The van der Waals surface area contributed by atoms with Crippen LogP contribution in [0.5, 0.6) is 11.5 Å². The van der Waals surface area contributed by atoms with E-state index in [0.29, 0.717) is 24.8 Å². The minimum Gasteiger partial charge on any atom is -0.504 e. The molecule has 1 fully saturated rings. The summed E-state index contributed by atoms with van der Waals surface area (Å²) >= 11 is 0. The number of methoxy groups -OCH3 is 1. The van der Waals surface area contributed by atoms with Crippen LogP contribution in [0.2, 0.25) is 0 Å². The van der Waals surface area contributed by atoms with Gasteiger partial charge in [0, 0.05) is 29.9 Å². The summed E-state index contributed by atoms with van der Waals surface area (Å²) in [7, 11) is 1.53. The first-order valence-corrected chi connectivity index (χ1v) is 8.21. The van der Waals surface area contributed by atoms with Gasteiger partial charge in [0.1, 0.15) is 5.82 Å². The number of rotatable bonds is 4. The molecule has 1 N–H and O–H groups in total. The van der Waals surface area contributed by atoms with Crippen molar-refractivity contribution in [2.24, 2.45) is 0 Å². The van der Waals surface area contributed by atoms with Gasteiger partial charge in [-0.1, -0.05) is 6.92 Å².